The highest BCUT2D eigenvalue weighted by atomic mass is 32.2. The average molecular weight is 465 g/mol. The number of thioether (sulfide) groups is 1. The first-order valence-corrected chi connectivity index (χ1v) is 11.4. The first kappa shape index (κ1) is 26.0. The third kappa shape index (κ3) is 8.79. The number of carbonyl (C=O) groups excluding carboxylic acids is 3. The van der Waals surface area contributed by atoms with Crippen LogP contribution in [0.1, 0.15) is 25.7 Å². The zero-order valence-corrected chi connectivity index (χ0v) is 18.3. The molecule has 0 aromatic rings. The van der Waals surface area contributed by atoms with E-state index in [1.807, 2.05) is 0 Å². The van der Waals surface area contributed by atoms with Crippen LogP contribution in [0.3, 0.4) is 0 Å². The van der Waals surface area contributed by atoms with E-state index < -0.39 is 60.2 Å². The molecule has 3 amide bonds. The van der Waals surface area contributed by atoms with Crippen LogP contribution in [0, 0.1) is 0 Å². The highest BCUT2D eigenvalue weighted by molar-refractivity contribution is 7.98. The molecule has 11 nitrogen and oxygen atoms in total. The van der Waals surface area contributed by atoms with Crippen LogP contribution >= 0.6 is 24.4 Å². The molecule has 1 saturated heterocycles. The summed E-state index contributed by atoms with van der Waals surface area (Å²) in [5, 5.41) is 28.3. The van der Waals surface area contributed by atoms with Crippen LogP contribution in [0.15, 0.2) is 0 Å². The summed E-state index contributed by atoms with van der Waals surface area (Å²) in [7, 11) is 0. The zero-order valence-electron chi connectivity index (χ0n) is 16.6. The fourth-order valence-electron chi connectivity index (χ4n) is 2.80. The first-order valence-electron chi connectivity index (χ1n) is 9.38. The lowest BCUT2D eigenvalue weighted by Gasteiger charge is -2.24. The summed E-state index contributed by atoms with van der Waals surface area (Å²) in [5.74, 6) is -4.26. The Hall–Kier alpha value is -1.99. The number of thiol groups is 1. The maximum Gasteiger partial charge on any atom is 0.327 e. The standard InChI is InChI=1S/C17H28N4O7S2/c1-30-6-4-10(15(25)21-12(8-29)17(27)28)19-16(26)11(7-13(22)23)20-14(24)9-3-2-5-18-9/h9-12,18,29H,2-8H2,1H3,(H,19,26)(H,20,24)(H,21,25)(H,22,23)(H,27,28). The van der Waals surface area contributed by atoms with E-state index >= 15 is 0 Å². The molecule has 0 aromatic carbocycles. The molecule has 0 bridgehead atoms. The van der Waals surface area contributed by atoms with E-state index in [4.69, 9.17) is 10.2 Å². The van der Waals surface area contributed by atoms with E-state index in [-0.39, 0.29) is 12.2 Å². The Kier molecular flexibility index (Phi) is 11.6. The van der Waals surface area contributed by atoms with E-state index in [2.05, 4.69) is 33.9 Å². The van der Waals surface area contributed by atoms with Gasteiger partial charge in [-0.25, -0.2) is 4.79 Å². The van der Waals surface area contributed by atoms with Crippen molar-refractivity contribution >= 4 is 54.1 Å². The quantitative estimate of drug-likeness (QED) is 0.159. The summed E-state index contributed by atoms with van der Waals surface area (Å²) in [5.41, 5.74) is 0. The van der Waals surface area contributed by atoms with Gasteiger partial charge in [0.2, 0.25) is 17.7 Å². The summed E-state index contributed by atoms with van der Waals surface area (Å²) >= 11 is 5.30. The van der Waals surface area contributed by atoms with Crippen LogP contribution in [0.2, 0.25) is 0 Å². The minimum Gasteiger partial charge on any atom is -0.481 e. The van der Waals surface area contributed by atoms with Gasteiger partial charge in [-0.05, 0) is 37.8 Å². The van der Waals surface area contributed by atoms with E-state index in [0.29, 0.717) is 18.7 Å². The Morgan fingerprint density at radius 3 is 2.20 bits per heavy atom. The summed E-state index contributed by atoms with van der Waals surface area (Å²) in [6.07, 6.45) is 2.70. The molecule has 4 atom stereocenters. The van der Waals surface area contributed by atoms with Crippen molar-refractivity contribution in [3.63, 3.8) is 0 Å². The van der Waals surface area contributed by atoms with Crippen LogP contribution < -0.4 is 21.3 Å². The minimum atomic E-state index is -1.37. The van der Waals surface area contributed by atoms with Crippen molar-refractivity contribution in [2.75, 3.05) is 24.3 Å². The number of carbonyl (C=O) groups is 5. The number of nitrogens with one attached hydrogen (secondary N) is 4. The normalized spacial score (nSPS) is 18.7. The highest BCUT2D eigenvalue weighted by Gasteiger charge is 2.32. The third-order valence-electron chi connectivity index (χ3n) is 4.43. The van der Waals surface area contributed by atoms with Crippen molar-refractivity contribution in [3.05, 3.63) is 0 Å². The molecule has 170 valence electrons. The topological polar surface area (TPSA) is 174 Å². The lowest BCUT2D eigenvalue weighted by Crippen LogP contribution is -2.57. The summed E-state index contributed by atoms with van der Waals surface area (Å²) in [6, 6.07) is -4.21. The van der Waals surface area contributed by atoms with E-state index in [1.165, 1.54) is 11.8 Å². The van der Waals surface area contributed by atoms with E-state index in [0.717, 1.165) is 6.42 Å². The number of aliphatic carboxylic acids is 2. The Labute approximate surface area is 183 Å². The van der Waals surface area contributed by atoms with E-state index in [9.17, 15) is 24.0 Å². The Morgan fingerprint density at radius 2 is 1.70 bits per heavy atom. The predicted molar refractivity (Wildman–Crippen MR) is 114 cm³/mol. The van der Waals surface area contributed by atoms with Gasteiger partial charge in [0.15, 0.2) is 0 Å². The number of carboxylic acids is 2. The number of amides is 3. The van der Waals surface area contributed by atoms with Gasteiger partial charge >= 0.3 is 11.9 Å². The van der Waals surface area contributed by atoms with Gasteiger partial charge in [-0.1, -0.05) is 0 Å². The molecule has 6 N–H and O–H groups in total. The Morgan fingerprint density at radius 1 is 1.07 bits per heavy atom. The molecule has 0 spiro atoms. The molecule has 0 radical (unpaired) electrons. The molecule has 13 heteroatoms. The van der Waals surface area contributed by atoms with Crippen LogP contribution in [0.25, 0.3) is 0 Å². The van der Waals surface area contributed by atoms with Crippen LogP contribution in [-0.2, 0) is 24.0 Å². The molecule has 1 rings (SSSR count). The molecule has 1 aliphatic heterocycles. The summed E-state index contributed by atoms with van der Waals surface area (Å²) in [6.45, 7) is 0.653. The zero-order chi connectivity index (χ0) is 22.7. The van der Waals surface area contributed by atoms with Crippen molar-refractivity contribution in [2.45, 2.75) is 49.9 Å². The molecular formula is C17H28N4O7S2. The second-order valence-electron chi connectivity index (χ2n) is 6.73. The molecular weight excluding hydrogens is 436 g/mol. The number of rotatable bonds is 13. The number of carboxylic acid groups (broad SMARTS) is 2. The van der Waals surface area contributed by atoms with Gasteiger partial charge in [-0.3, -0.25) is 19.2 Å². The van der Waals surface area contributed by atoms with Gasteiger partial charge in [0.25, 0.3) is 0 Å². The van der Waals surface area contributed by atoms with Crippen molar-refractivity contribution in [2.24, 2.45) is 0 Å². The maximum absolute atomic E-state index is 12.7. The van der Waals surface area contributed by atoms with Crippen molar-refractivity contribution in [1.82, 2.24) is 21.3 Å². The molecule has 4 unspecified atom stereocenters. The first-order chi connectivity index (χ1) is 14.2. The predicted octanol–water partition coefficient (Wildman–Crippen LogP) is -1.56. The molecule has 1 heterocycles. The molecule has 1 fully saturated rings. The largest absolute Gasteiger partial charge is 0.481 e. The van der Waals surface area contributed by atoms with Crippen LogP contribution in [-0.4, -0.2) is 88.3 Å². The van der Waals surface area contributed by atoms with Gasteiger partial charge in [0, 0.05) is 5.75 Å². The number of hydrogen-bond donors (Lipinski definition) is 7. The fourth-order valence-corrected chi connectivity index (χ4v) is 3.52. The van der Waals surface area contributed by atoms with Crippen molar-refractivity contribution < 1.29 is 34.2 Å². The smallest absolute Gasteiger partial charge is 0.327 e. The third-order valence-corrected chi connectivity index (χ3v) is 5.44. The Bertz CT molecular complexity index is 644. The number of hydrogen-bond acceptors (Lipinski definition) is 8. The SMILES string of the molecule is CSCCC(NC(=O)C(CC(=O)O)NC(=O)C1CCCN1)C(=O)NC(CS)C(=O)O. The van der Waals surface area contributed by atoms with Gasteiger partial charge < -0.3 is 31.5 Å². The van der Waals surface area contributed by atoms with Crippen LogP contribution in [0.4, 0.5) is 0 Å². The molecule has 30 heavy (non-hydrogen) atoms. The molecule has 0 saturated carbocycles. The molecule has 0 aromatic heterocycles. The summed E-state index contributed by atoms with van der Waals surface area (Å²) < 4.78 is 0. The van der Waals surface area contributed by atoms with Crippen molar-refractivity contribution in [3.8, 4) is 0 Å². The van der Waals surface area contributed by atoms with Crippen molar-refractivity contribution in [1.29, 1.82) is 0 Å². The molecule has 1 aliphatic rings. The average Bonchev–Trinajstić information content (AvgIpc) is 3.22. The minimum absolute atomic E-state index is 0.143. The van der Waals surface area contributed by atoms with Gasteiger partial charge in [0.05, 0.1) is 12.5 Å². The highest BCUT2D eigenvalue weighted by Crippen LogP contribution is 2.07. The van der Waals surface area contributed by atoms with Gasteiger partial charge in [-0.15, -0.1) is 0 Å². The van der Waals surface area contributed by atoms with Gasteiger partial charge in [0.1, 0.15) is 18.1 Å². The monoisotopic (exact) mass is 464 g/mol. The van der Waals surface area contributed by atoms with E-state index in [1.54, 1.807) is 6.26 Å². The van der Waals surface area contributed by atoms with Gasteiger partial charge in [-0.2, -0.15) is 24.4 Å². The van der Waals surface area contributed by atoms with Crippen LogP contribution in [0.5, 0.6) is 0 Å². The second kappa shape index (κ2) is 13.3. The maximum atomic E-state index is 12.7. The second-order valence-corrected chi connectivity index (χ2v) is 8.08. The Balaban J connectivity index is 2.86. The lowest BCUT2D eigenvalue weighted by atomic mass is 10.1. The summed E-state index contributed by atoms with van der Waals surface area (Å²) in [4.78, 5) is 59.7. The lowest BCUT2D eigenvalue weighted by molar-refractivity contribution is -0.142. The molecule has 0 aliphatic carbocycles. The fraction of sp³-hybridized carbons (Fsp3) is 0.706.